The van der Waals surface area contributed by atoms with Gasteiger partial charge in [-0.2, -0.15) is 0 Å². The van der Waals surface area contributed by atoms with E-state index in [2.05, 4.69) is 29.6 Å². The van der Waals surface area contributed by atoms with E-state index >= 15 is 0 Å². The first-order valence-corrected chi connectivity index (χ1v) is 9.81. The van der Waals surface area contributed by atoms with Crippen LogP contribution in [-0.4, -0.2) is 24.9 Å². The van der Waals surface area contributed by atoms with Crippen molar-refractivity contribution in [3.63, 3.8) is 0 Å². The molecule has 2 bridgehead atoms. The van der Waals surface area contributed by atoms with Crippen LogP contribution in [0, 0.1) is 11.8 Å². The second kappa shape index (κ2) is 7.17. The van der Waals surface area contributed by atoms with Gasteiger partial charge < -0.3 is 19.9 Å². The van der Waals surface area contributed by atoms with Gasteiger partial charge in [0.1, 0.15) is 11.5 Å². The average molecular weight is 367 g/mol. The van der Waals surface area contributed by atoms with E-state index in [0.29, 0.717) is 0 Å². The van der Waals surface area contributed by atoms with Crippen molar-refractivity contribution in [2.24, 2.45) is 11.8 Å². The Labute approximate surface area is 161 Å². The fourth-order valence-corrected chi connectivity index (χ4v) is 5.13. The normalized spacial score (nSPS) is 32.7. The van der Waals surface area contributed by atoms with Gasteiger partial charge in [-0.15, -0.1) is 0 Å². The molecule has 4 nitrogen and oxygen atoms in total. The van der Waals surface area contributed by atoms with Crippen LogP contribution in [-0.2, 0) is 0 Å². The van der Waals surface area contributed by atoms with E-state index in [0.717, 1.165) is 30.8 Å². The second-order valence-corrected chi connectivity index (χ2v) is 8.04. The Hall–Kier alpha value is -2.04. The summed E-state index contributed by atoms with van der Waals surface area (Å²) < 4.78 is 10.6. The highest BCUT2D eigenvalue weighted by molar-refractivity contribution is 5.34. The zero-order chi connectivity index (χ0) is 19.0. The highest BCUT2D eigenvalue weighted by Crippen LogP contribution is 2.53. The van der Waals surface area contributed by atoms with Gasteiger partial charge in [0, 0.05) is 23.9 Å². The number of ether oxygens (including phenoxy) is 2. The molecule has 1 aliphatic heterocycles. The summed E-state index contributed by atoms with van der Waals surface area (Å²) in [5, 5.41) is 15.4. The third-order valence-corrected chi connectivity index (χ3v) is 6.65. The molecule has 0 radical (unpaired) electrons. The molecule has 144 valence electrons. The van der Waals surface area contributed by atoms with Crippen LogP contribution in [0.25, 0.3) is 0 Å². The Kier molecular flexibility index (Phi) is 4.87. The molecule has 1 heterocycles. The molecule has 27 heavy (non-hydrogen) atoms. The SMILES string of the molecule is COc1ccc([C@H]2N[C@@H](c3ccc(OC)cc3)[C@H]3CCC[C@@H]2C3(C)O)cc1. The van der Waals surface area contributed by atoms with E-state index in [1.165, 1.54) is 11.1 Å². The lowest BCUT2D eigenvalue weighted by atomic mass is 9.59. The highest BCUT2D eigenvalue weighted by atomic mass is 16.5. The monoisotopic (exact) mass is 367 g/mol. The van der Waals surface area contributed by atoms with Crippen molar-refractivity contribution in [3.05, 3.63) is 59.7 Å². The van der Waals surface area contributed by atoms with Crippen molar-refractivity contribution < 1.29 is 14.6 Å². The lowest BCUT2D eigenvalue weighted by Gasteiger charge is -2.55. The Morgan fingerprint density at radius 2 is 1.22 bits per heavy atom. The van der Waals surface area contributed by atoms with Crippen molar-refractivity contribution in [3.8, 4) is 11.5 Å². The Morgan fingerprint density at radius 3 is 1.59 bits per heavy atom. The van der Waals surface area contributed by atoms with Crippen LogP contribution in [0.5, 0.6) is 11.5 Å². The van der Waals surface area contributed by atoms with Crippen LogP contribution in [0.15, 0.2) is 48.5 Å². The molecule has 1 saturated heterocycles. The third-order valence-electron chi connectivity index (χ3n) is 6.65. The maximum absolute atomic E-state index is 11.5. The molecule has 4 heteroatoms. The minimum atomic E-state index is -0.696. The summed E-state index contributed by atoms with van der Waals surface area (Å²) in [5.74, 6) is 2.13. The average Bonchev–Trinajstić information content (AvgIpc) is 2.68. The fraction of sp³-hybridized carbons (Fsp3) is 0.478. The number of hydrogen-bond donors (Lipinski definition) is 2. The first-order chi connectivity index (χ1) is 13.0. The van der Waals surface area contributed by atoms with E-state index in [1.807, 2.05) is 31.2 Å². The lowest BCUT2D eigenvalue weighted by Crippen LogP contribution is -2.59. The van der Waals surface area contributed by atoms with Crippen LogP contribution in [0.4, 0.5) is 0 Å². The maximum Gasteiger partial charge on any atom is 0.118 e. The van der Waals surface area contributed by atoms with Crippen LogP contribution in [0.2, 0.25) is 0 Å². The van der Waals surface area contributed by atoms with E-state index < -0.39 is 5.60 Å². The molecule has 1 unspecified atom stereocenters. The molecule has 2 fully saturated rings. The first kappa shape index (κ1) is 18.3. The van der Waals surface area contributed by atoms with Gasteiger partial charge in [0.05, 0.1) is 19.8 Å². The third kappa shape index (κ3) is 3.21. The number of benzene rings is 2. The summed E-state index contributed by atoms with van der Waals surface area (Å²) in [5.41, 5.74) is 1.72. The minimum absolute atomic E-state index is 0.120. The maximum atomic E-state index is 11.5. The smallest absolute Gasteiger partial charge is 0.118 e. The van der Waals surface area contributed by atoms with Crippen molar-refractivity contribution in [2.75, 3.05) is 14.2 Å². The van der Waals surface area contributed by atoms with Gasteiger partial charge in [0.2, 0.25) is 0 Å². The predicted octanol–water partition coefficient (Wildman–Crippen LogP) is 4.26. The van der Waals surface area contributed by atoms with Gasteiger partial charge in [0.15, 0.2) is 0 Å². The van der Waals surface area contributed by atoms with E-state index in [9.17, 15) is 5.11 Å². The Bertz CT molecular complexity index is 706. The van der Waals surface area contributed by atoms with E-state index in [1.54, 1.807) is 14.2 Å². The lowest BCUT2D eigenvalue weighted by molar-refractivity contribution is -0.133. The Balaban J connectivity index is 1.71. The summed E-state index contributed by atoms with van der Waals surface area (Å²) in [6, 6.07) is 16.7. The van der Waals surface area contributed by atoms with Crippen LogP contribution in [0.1, 0.15) is 49.4 Å². The summed E-state index contributed by atoms with van der Waals surface area (Å²) in [6.45, 7) is 2.04. The zero-order valence-corrected chi connectivity index (χ0v) is 16.3. The summed E-state index contributed by atoms with van der Waals surface area (Å²) >= 11 is 0. The van der Waals surface area contributed by atoms with Crippen LogP contribution in [0.3, 0.4) is 0 Å². The summed E-state index contributed by atoms with van der Waals surface area (Å²) in [6.07, 6.45) is 3.25. The molecule has 5 atom stereocenters. The van der Waals surface area contributed by atoms with E-state index in [-0.39, 0.29) is 23.9 Å². The molecule has 2 aliphatic rings. The second-order valence-electron chi connectivity index (χ2n) is 8.04. The van der Waals surface area contributed by atoms with Gasteiger partial charge in [-0.25, -0.2) is 0 Å². The van der Waals surface area contributed by atoms with Crippen molar-refractivity contribution in [1.82, 2.24) is 5.32 Å². The van der Waals surface area contributed by atoms with Gasteiger partial charge in [-0.1, -0.05) is 30.7 Å². The van der Waals surface area contributed by atoms with Crippen LogP contribution < -0.4 is 14.8 Å². The predicted molar refractivity (Wildman–Crippen MR) is 106 cm³/mol. The van der Waals surface area contributed by atoms with E-state index in [4.69, 9.17) is 9.47 Å². The quantitative estimate of drug-likeness (QED) is 0.848. The minimum Gasteiger partial charge on any atom is -0.497 e. The largest absolute Gasteiger partial charge is 0.497 e. The molecular weight excluding hydrogens is 338 g/mol. The zero-order valence-electron chi connectivity index (χ0n) is 16.3. The number of hydrogen-bond acceptors (Lipinski definition) is 4. The molecule has 2 aromatic carbocycles. The molecule has 1 aliphatic carbocycles. The van der Waals surface area contributed by atoms with Crippen LogP contribution >= 0.6 is 0 Å². The molecule has 2 N–H and O–H groups in total. The molecule has 2 aromatic rings. The molecule has 4 rings (SSSR count). The van der Waals surface area contributed by atoms with Crippen molar-refractivity contribution in [1.29, 1.82) is 0 Å². The van der Waals surface area contributed by atoms with Crippen molar-refractivity contribution >= 4 is 0 Å². The number of piperidine rings is 1. The summed E-state index contributed by atoms with van der Waals surface area (Å²) in [7, 11) is 3.37. The van der Waals surface area contributed by atoms with Gasteiger partial charge in [0.25, 0.3) is 0 Å². The fourth-order valence-electron chi connectivity index (χ4n) is 5.13. The Morgan fingerprint density at radius 1 is 0.815 bits per heavy atom. The first-order valence-electron chi connectivity index (χ1n) is 9.81. The topological polar surface area (TPSA) is 50.7 Å². The number of rotatable bonds is 4. The molecule has 1 saturated carbocycles. The number of aliphatic hydroxyl groups is 1. The van der Waals surface area contributed by atoms with Gasteiger partial charge in [-0.3, -0.25) is 0 Å². The standard InChI is InChI=1S/C23H29NO3/c1-23(25)19-5-4-6-20(23)22(16-9-13-18(27-3)14-10-16)24-21(19)15-7-11-17(26-2)12-8-15/h7-14,19-22,24-25H,4-6H2,1-3H3/t19-,20+,21+,22-,23?. The molecule has 0 spiro atoms. The number of fused-ring (bicyclic) bond motifs is 2. The summed E-state index contributed by atoms with van der Waals surface area (Å²) in [4.78, 5) is 0. The number of nitrogens with one attached hydrogen (secondary N) is 1. The molecule has 0 amide bonds. The molecular formula is C23H29NO3. The van der Waals surface area contributed by atoms with Crippen molar-refractivity contribution in [2.45, 2.75) is 43.9 Å². The number of methoxy groups -OCH3 is 2. The highest BCUT2D eigenvalue weighted by Gasteiger charge is 2.53. The van der Waals surface area contributed by atoms with Gasteiger partial charge in [-0.05, 0) is 55.2 Å². The molecule has 0 aromatic heterocycles. The van der Waals surface area contributed by atoms with Gasteiger partial charge >= 0.3 is 0 Å².